The minimum atomic E-state index is -0.0104. The van der Waals surface area contributed by atoms with E-state index in [0.717, 1.165) is 18.7 Å². The van der Waals surface area contributed by atoms with E-state index in [4.69, 9.17) is 14.6 Å². The van der Waals surface area contributed by atoms with Gasteiger partial charge in [0.15, 0.2) is 11.5 Å². The zero-order valence-corrected chi connectivity index (χ0v) is 12.2. The number of benzene rings is 2. The predicted molar refractivity (Wildman–Crippen MR) is 82.6 cm³/mol. The third-order valence-corrected chi connectivity index (χ3v) is 3.08. The average molecular weight is 287 g/mol. The van der Waals surface area contributed by atoms with Crippen molar-refractivity contribution in [1.29, 1.82) is 0 Å². The molecule has 0 saturated heterocycles. The first kappa shape index (κ1) is 15.4. The van der Waals surface area contributed by atoms with Crippen molar-refractivity contribution in [2.45, 2.75) is 13.1 Å². The lowest BCUT2D eigenvalue weighted by Crippen LogP contribution is -2.12. The minimum Gasteiger partial charge on any atom is -0.493 e. The maximum absolute atomic E-state index is 8.79. The van der Waals surface area contributed by atoms with Crippen LogP contribution in [0.25, 0.3) is 0 Å². The van der Waals surface area contributed by atoms with Crippen LogP contribution in [0.3, 0.4) is 0 Å². The minimum absolute atomic E-state index is 0.0104. The molecule has 2 aromatic carbocycles. The van der Waals surface area contributed by atoms with Gasteiger partial charge < -0.3 is 19.9 Å². The predicted octanol–water partition coefficient (Wildman–Crippen LogP) is 2.36. The number of nitrogens with one attached hydrogen (secondary N) is 1. The summed E-state index contributed by atoms with van der Waals surface area (Å²) in [4.78, 5) is 0. The molecule has 2 aromatic rings. The van der Waals surface area contributed by atoms with Crippen molar-refractivity contribution in [2.75, 3.05) is 20.3 Å². The van der Waals surface area contributed by atoms with Crippen LogP contribution in [-0.4, -0.2) is 25.4 Å². The first-order valence-corrected chi connectivity index (χ1v) is 6.98. The van der Waals surface area contributed by atoms with E-state index in [0.29, 0.717) is 11.5 Å². The summed E-state index contributed by atoms with van der Waals surface area (Å²) in [6, 6.07) is 16.1. The number of hydrogen-bond donors (Lipinski definition) is 2. The number of aliphatic hydroxyl groups is 1. The van der Waals surface area contributed by atoms with Gasteiger partial charge in [-0.15, -0.1) is 0 Å². The molecular formula is C17H21NO3. The molecule has 0 aliphatic heterocycles. The van der Waals surface area contributed by atoms with Crippen molar-refractivity contribution in [3.63, 3.8) is 0 Å². The van der Waals surface area contributed by atoms with Gasteiger partial charge in [-0.25, -0.2) is 0 Å². The van der Waals surface area contributed by atoms with Crippen molar-refractivity contribution in [3.8, 4) is 11.5 Å². The van der Waals surface area contributed by atoms with Crippen molar-refractivity contribution in [3.05, 3.63) is 59.7 Å². The first-order valence-electron chi connectivity index (χ1n) is 6.98. The Kier molecular flexibility index (Phi) is 6.06. The molecule has 0 fully saturated rings. The smallest absolute Gasteiger partial charge is 0.161 e. The van der Waals surface area contributed by atoms with Crippen LogP contribution in [0.15, 0.2) is 48.5 Å². The summed E-state index contributed by atoms with van der Waals surface area (Å²) in [6.07, 6.45) is 0. The molecule has 0 saturated carbocycles. The van der Waals surface area contributed by atoms with Crippen molar-refractivity contribution >= 4 is 0 Å². The molecule has 0 bridgehead atoms. The van der Waals surface area contributed by atoms with E-state index in [1.807, 2.05) is 36.4 Å². The van der Waals surface area contributed by atoms with Gasteiger partial charge in [0.1, 0.15) is 6.61 Å². The number of rotatable bonds is 8. The molecule has 4 heteroatoms. The van der Waals surface area contributed by atoms with Crippen LogP contribution in [0.1, 0.15) is 11.1 Å². The van der Waals surface area contributed by atoms with E-state index in [-0.39, 0.29) is 13.2 Å². The molecule has 0 spiro atoms. The SMILES string of the molecule is COc1cc(CNCc2ccccc2)ccc1OCCO. The van der Waals surface area contributed by atoms with Crippen molar-refractivity contribution in [1.82, 2.24) is 5.32 Å². The quantitative estimate of drug-likeness (QED) is 0.782. The second-order valence-electron chi connectivity index (χ2n) is 4.65. The summed E-state index contributed by atoms with van der Waals surface area (Å²) < 4.78 is 10.7. The van der Waals surface area contributed by atoms with Gasteiger partial charge in [-0.3, -0.25) is 0 Å². The molecule has 4 nitrogen and oxygen atoms in total. The van der Waals surface area contributed by atoms with Gasteiger partial charge in [0.2, 0.25) is 0 Å². The van der Waals surface area contributed by atoms with Crippen LogP contribution < -0.4 is 14.8 Å². The molecule has 0 atom stereocenters. The van der Waals surface area contributed by atoms with Crippen molar-refractivity contribution in [2.24, 2.45) is 0 Å². The molecule has 0 heterocycles. The molecule has 0 amide bonds. The molecule has 0 radical (unpaired) electrons. The standard InChI is InChI=1S/C17H21NO3/c1-20-17-11-15(7-8-16(17)21-10-9-19)13-18-12-14-5-3-2-4-6-14/h2-8,11,18-19H,9-10,12-13H2,1H3. The van der Waals surface area contributed by atoms with Gasteiger partial charge in [0, 0.05) is 13.1 Å². The lowest BCUT2D eigenvalue weighted by molar-refractivity contribution is 0.196. The summed E-state index contributed by atoms with van der Waals surface area (Å²) in [5, 5.41) is 12.2. The number of ether oxygens (including phenoxy) is 2. The van der Waals surface area contributed by atoms with Crippen molar-refractivity contribution < 1.29 is 14.6 Å². The van der Waals surface area contributed by atoms with E-state index < -0.39 is 0 Å². The van der Waals surface area contributed by atoms with Crippen LogP contribution in [0.2, 0.25) is 0 Å². The molecule has 0 aliphatic carbocycles. The molecule has 0 unspecified atom stereocenters. The Bertz CT molecular complexity index is 543. The highest BCUT2D eigenvalue weighted by molar-refractivity contribution is 5.43. The van der Waals surface area contributed by atoms with E-state index in [1.165, 1.54) is 5.56 Å². The fourth-order valence-corrected chi connectivity index (χ4v) is 2.04. The molecule has 21 heavy (non-hydrogen) atoms. The normalized spacial score (nSPS) is 10.4. The monoisotopic (exact) mass is 287 g/mol. The Labute approximate surface area is 125 Å². The number of hydrogen-bond acceptors (Lipinski definition) is 4. The molecular weight excluding hydrogens is 266 g/mol. The van der Waals surface area contributed by atoms with Crippen LogP contribution in [-0.2, 0) is 13.1 Å². The van der Waals surface area contributed by atoms with E-state index in [9.17, 15) is 0 Å². The summed E-state index contributed by atoms with van der Waals surface area (Å²) in [5.74, 6) is 1.33. The fourth-order valence-electron chi connectivity index (χ4n) is 2.04. The summed E-state index contributed by atoms with van der Waals surface area (Å²) in [7, 11) is 1.61. The molecule has 0 aromatic heterocycles. The molecule has 2 rings (SSSR count). The maximum atomic E-state index is 8.79. The summed E-state index contributed by atoms with van der Waals surface area (Å²) in [5.41, 5.74) is 2.38. The lowest BCUT2D eigenvalue weighted by atomic mass is 10.2. The van der Waals surface area contributed by atoms with E-state index >= 15 is 0 Å². The van der Waals surface area contributed by atoms with Gasteiger partial charge in [-0.05, 0) is 23.3 Å². The highest BCUT2D eigenvalue weighted by atomic mass is 16.5. The van der Waals surface area contributed by atoms with Gasteiger partial charge >= 0.3 is 0 Å². The topological polar surface area (TPSA) is 50.7 Å². The summed E-state index contributed by atoms with van der Waals surface area (Å²) >= 11 is 0. The van der Waals surface area contributed by atoms with Gasteiger partial charge in [-0.1, -0.05) is 36.4 Å². The average Bonchev–Trinajstić information content (AvgIpc) is 2.54. The summed E-state index contributed by atoms with van der Waals surface area (Å²) in [6.45, 7) is 1.84. The Morgan fingerprint density at radius 2 is 1.71 bits per heavy atom. The fraction of sp³-hybridized carbons (Fsp3) is 0.294. The van der Waals surface area contributed by atoms with Gasteiger partial charge in [-0.2, -0.15) is 0 Å². The Morgan fingerprint density at radius 3 is 2.43 bits per heavy atom. The van der Waals surface area contributed by atoms with Crippen LogP contribution in [0.5, 0.6) is 11.5 Å². The van der Waals surface area contributed by atoms with Gasteiger partial charge in [0.05, 0.1) is 13.7 Å². The second-order valence-corrected chi connectivity index (χ2v) is 4.65. The molecule has 2 N–H and O–H groups in total. The van der Waals surface area contributed by atoms with E-state index in [2.05, 4.69) is 17.4 Å². The van der Waals surface area contributed by atoms with Crippen LogP contribution in [0.4, 0.5) is 0 Å². The largest absolute Gasteiger partial charge is 0.493 e. The molecule has 112 valence electrons. The number of aliphatic hydroxyl groups excluding tert-OH is 1. The van der Waals surface area contributed by atoms with Crippen LogP contribution in [0, 0.1) is 0 Å². The Morgan fingerprint density at radius 1 is 0.952 bits per heavy atom. The highest BCUT2D eigenvalue weighted by Crippen LogP contribution is 2.27. The van der Waals surface area contributed by atoms with Gasteiger partial charge in [0.25, 0.3) is 0 Å². The zero-order valence-electron chi connectivity index (χ0n) is 12.2. The maximum Gasteiger partial charge on any atom is 0.161 e. The third-order valence-electron chi connectivity index (χ3n) is 3.08. The molecule has 0 aliphatic rings. The third kappa shape index (κ3) is 4.77. The second kappa shape index (κ2) is 8.29. The lowest BCUT2D eigenvalue weighted by Gasteiger charge is -2.12. The zero-order chi connectivity index (χ0) is 14.9. The Hall–Kier alpha value is -2.04. The highest BCUT2D eigenvalue weighted by Gasteiger charge is 2.05. The van der Waals surface area contributed by atoms with E-state index in [1.54, 1.807) is 7.11 Å². The van der Waals surface area contributed by atoms with Crippen LogP contribution >= 0.6 is 0 Å². The first-order chi connectivity index (χ1) is 10.3. The number of methoxy groups -OCH3 is 1. The Balaban J connectivity index is 1.91.